The first-order valence-electron chi connectivity index (χ1n) is 11.4. The number of amides is 2. The van der Waals surface area contributed by atoms with Crippen LogP contribution < -0.4 is 10.6 Å². The summed E-state index contributed by atoms with van der Waals surface area (Å²) in [6, 6.07) is 18.4. The number of piperidine rings is 1. The fraction of sp³-hybridized carbons (Fsp3) is 0.385. The van der Waals surface area contributed by atoms with Crippen LogP contribution in [0.1, 0.15) is 36.2 Å². The van der Waals surface area contributed by atoms with Crippen molar-refractivity contribution in [3.8, 4) is 0 Å². The largest absolute Gasteiger partial charge is 0.353 e. The monoisotopic (exact) mass is 449 g/mol. The van der Waals surface area contributed by atoms with Crippen LogP contribution in [0.25, 0.3) is 10.8 Å². The van der Waals surface area contributed by atoms with Crippen LogP contribution in [-0.2, 0) is 16.0 Å². The minimum Gasteiger partial charge on any atom is -0.353 e. The SMILES string of the molecule is CC1CCN([C@H](CNC(=O)CNC(=O)Cc2cccc3ccccc23)c2cccs2)CC1. The Hall–Kier alpha value is -2.70. The molecular weight excluding hydrogens is 418 g/mol. The molecule has 5 nitrogen and oxygen atoms in total. The molecule has 2 heterocycles. The van der Waals surface area contributed by atoms with E-state index in [4.69, 9.17) is 0 Å². The average molecular weight is 450 g/mol. The van der Waals surface area contributed by atoms with Gasteiger partial charge in [0.05, 0.1) is 19.0 Å². The zero-order valence-electron chi connectivity index (χ0n) is 18.5. The lowest BCUT2D eigenvalue weighted by molar-refractivity contribution is -0.125. The van der Waals surface area contributed by atoms with Gasteiger partial charge < -0.3 is 10.6 Å². The van der Waals surface area contributed by atoms with Gasteiger partial charge in [0.1, 0.15) is 0 Å². The summed E-state index contributed by atoms with van der Waals surface area (Å²) in [6.45, 7) is 4.98. The minimum absolute atomic E-state index is 0.00219. The van der Waals surface area contributed by atoms with Gasteiger partial charge in [-0.2, -0.15) is 0 Å². The van der Waals surface area contributed by atoms with E-state index >= 15 is 0 Å². The number of carbonyl (C=O) groups excluding carboxylic acids is 2. The molecule has 2 aromatic carbocycles. The van der Waals surface area contributed by atoms with Gasteiger partial charge in [0.15, 0.2) is 0 Å². The third kappa shape index (κ3) is 5.75. The summed E-state index contributed by atoms with van der Waals surface area (Å²) >= 11 is 1.73. The van der Waals surface area contributed by atoms with Crippen molar-refractivity contribution >= 4 is 33.9 Å². The van der Waals surface area contributed by atoms with Crippen LogP contribution in [0.4, 0.5) is 0 Å². The molecule has 4 rings (SSSR count). The molecule has 0 spiro atoms. The minimum atomic E-state index is -0.150. The standard InChI is InChI=1S/C26H31N3O2S/c1-19-11-13-29(14-12-19)23(24-10-5-15-32-24)17-27-26(31)18-28-25(30)16-21-8-4-7-20-6-2-3-9-22(20)21/h2-10,15,19,23H,11-14,16-18H2,1H3,(H,27,31)(H,28,30)/t23-/m1/s1. The number of carbonyl (C=O) groups is 2. The Morgan fingerprint density at radius 1 is 1.00 bits per heavy atom. The van der Waals surface area contributed by atoms with Gasteiger partial charge in [-0.25, -0.2) is 0 Å². The van der Waals surface area contributed by atoms with Gasteiger partial charge in [0.2, 0.25) is 11.8 Å². The molecule has 1 aliphatic heterocycles. The highest BCUT2D eigenvalue weighted by Crippen LogP contribution is 2.29. The Morgan fingerprint density at radius 2 is 1.78 bits per heavy atom. The van der Waals surface area contributed by atoms with Gasteiger partial charge in [-0.3, -0.25) is 14.5 Å². The first-order valence-corrected chi connectivity index (χ1v) is 12.3. The Labute approximate surface area is 193 Å². The number of likely N-dealkylation sites (tertiary alicyclic amines) is 1. The van der Waals surface area contributed by atoms with Gasteiger partial charge in [-0.15, -0.1) is 11.3 Å². The van der Waals surface area contributed by atoms with Crippen molar-refractivity contribution in [2.75, 3.05) is 26.2 Å². The highest BCUT2D eigenvalue weighted by molar-refractivity contribution is 7.10. The summed E-state index contributed by atoms with van der Waals surface area (Å²) in [7, 11) is 0. The summed E-state index contributed by atoms with van der Waals surface area (Å²) in [6.07, 6.45) is 2.65. The van der Waals surface area contributed by atoms with E-state index in [1.54, 1.807) is 11.3 Å². The van der Waals surface area contributed by atoms with Crippen LogP contribution in [0.2, 0.25) is 0 Å². The third-order valence-electron chi connectivity index (χ3n) is 6.30. The fourth-order valence-electron chi connectivity index (χ4n) is 4.36. The van der Waals surface area contributed by atoms with Gasteiger partial charge in [0, 0.05) is 11.4 Å². The summed E-state index contributed by atoms with van der Waals surface area (Å²) in [4.78, 5) is 28.7. The van der Waals surface area contributed by atoms with E-state index < -0.39 is 0 Å². The average Bonchev–Trinajstić information content (AvgIpc) is 3.34. The molecule has 1 atom stereocenters. The lowest BCUT2D eigenvalue weighted by Gasteiger charge is -2.36. The smallest absolute Gasteiger partial charge is 0.239 e. The first-order chi connectivity index (χ1) is 15.6. The van der Waals surface area contributed by atoms with Crippen molar-refractivity contribution in [2.24, 2.45) is 5.92 Å². The number of nitrogens with zero attached hydrogens (tertiary/aromatic N) is 1. The van der Waals surface area contributed by atoms with Crippen molar-refractivity contribution in [1.82, 2.24) is 15.5 Å². The zero-order valence-corrected chi connectivity index (χ0v) is 19.4. The number of benzene rings is 2. The van der Waals surface area contributed by atoms with Crippen LogP contribution >= 0.6 is 11.3 Å². The molecule has 3 aromatic rings. The van der Waals surface area contributed by atoms with E-state index in [2.05, 4.69) is 40.0 Å². The number of fused-ring (bicyclic) bond motifs is 1. The van der Waals surface area contributed by atoms with Gasteiger partial charge in [-0.1, -0.05) is 55.5 Å². The quantitative estimate of drug-likeness (QED) is 0.543. The van der Waals surface area contributed by atoms with Gasteiger partial charge in [-0.05, 0) is 59.6 Å². The molecule has 2 amide bonds. The molecule has 1 aromatic heterocycles. The van der Waals surface area contributed by atoms with Crippen molar-refractivity contribution in [2.45, 2.75) is 32.2 Å². The Morgan fingerprint density at radius 3 is 2.56 bits per heavy atom. The molecule has 1 saturated heterocycles. The maximum Gasteiger partial charge on any atom is 0.239 e. The molecule has 168 valence electrons. The van der Waals surface area contributed by atoms with Crippen LogP contribution in [0, 0.1) is 5.92 Å². The van der Waals surface area contributed by atoms with E-state index in [-0.39, 0.29) is 30.8 Å². The molecule has 32 heavy (non-hydrogen) atoms. The normalized spacial score (nSPS) is 16.0. The number of nitrogens with one attached hydrogen (secondary N) is 2. The number of thiophene rings is 1. The second-order valence-electron chi connectivity index (χ2n) is 8.65. The molecule has 1 fully saturated rings. The van der Waals surface area contributed by atoms with Crippen molar-refractivity contribution in [3.63, 3.8) is 0 Å². The summed E-state index contributed by atoms with van der Waals surface area (Å²) in [5.74, 6) is 0.473. The van der Waals surface area contributed by atoms with Crippen molar-refractivity contribution in [3.05, 3.63) is 70.4 Å². The van der Waals surface area contributed by atoms with Gasteiger partial charge in [0.25, 0.3) is 0 Å². The predicted octanol–water partition coefficient (Wildman–Crippen LogP) is 4.15. The Balaban J connectivity index is 1.28. The molecule has 6 heteroatoms. The molecule has 0 aliphatic carbocycles. The van der Waals surface area contributed by atoms with Gasteiger partial charge >= 0.3 is 0 Å². The Kier molecular flexibility index (Phi) is 7.55. The molecule has 2 N–H and O–H groups in total. The van der Waals surface area contributed by atoms with E-state index in [0.29, 0.717) is 6.54 Å². The number of hydrogen-bond acceptors (Lipinski definition) is 4. The zero-order chi connectivity index (χ0) is 22.3. The highest BCUT2D eigenvalue weighted by Gasteiger charge is 2.25. The lowest BCUT2D eigenvalue weighted by Crippen LogP contribution is -2.44. The lowest BCUT2D eigenvalue weighted by atomic mass is 9.97. The van der Waals surface area contributed by atoms with Crippen LogP contribution in [-0.4, -0.2) is 42.9 Å². The molecule has 0 unspecified atom stereocenters. The molecule has 0 bridgehead atoms. The molecular formula is C26H31N3O2S. The topological polar surface area (TPSA) is 61.4 Å². The number of rotatable bonds is 8. The third-order valence-corrected chi connectivity index (χ3v) is 7.27. The van der Waals surface area contributed by atoms with E-state index in [1.807, 2.05) is 42.5 Å². The maximum atomic E-state index is 12.5. The first kappa shape index (κ1) is 22.5. The summed E-state index contributed by atoms with van der Waals surface area (Å²) in [5, 5.41) is 10.1. The van der Waals surface area contributed by atoms with E-state index in [9.17, 15) is 9.59 Å². The Bertz CT molecular complexity index is 1040. The van der Waals surface area contributed by atoms with Crippen molar-refractivity contribution in [1.29, 1.82) is 0 Å². The van der Waals surface area contributed by atoms with E-state index in [0.717, 1.165) is 35.3 Å². The van der Waals surface area contributed by atoms with Crippen LogP contribution in [0.5, 0.6) is 0 Å². The van der Waals surface area contributed by atoms with E-state index in [1.165, 1.54) is 17.7 Å². The fourth-order valence-corrected chi connectivity index (χ4v) is 5.23. The summed E-state index contributed by atoms with van der Waals surface area (Å²) in [5.41, 5.74) is 0.970. The maximum absolute atomic E-state index is 12.5. The van der Waals surface area contributed by atoms with Crippen LogP contribution in [0.15, 0.2) is 60.0 Å². The summed E-state index contributed by atoms with van der Waals surface area (Å²) < 4.78 is 0. The predicted molar refractivity (Wildman–Crippen MR) is 131 cm³/mol. The highest BCUT2D eigenvalue weighted by atomic mass is 32.1. The second kappa shape index (κ2) is 10.7. The molecule has 0 saturated carbocycles. The van der Waals surface area contributed by atoms with Crippen molar-refractivity contribution < 1.29 is 9.59 Å². The number of hydrogen-bond donors (Lipinski definition) is 2. The molecule has 1 aliphatic rings. The second-order valence-corrected chi connectivity index (χ2v) is 9.62. The van der Waals surface area contributed by atoms with Crippen LogP contribution in [0.3, 0.4) is 0 Å². The molecule has 0 radical (unpaired) electrons.